The number of benzene rings is 1. The quantitative estimate of drug-likeness (QED) is 0.817. The van der Waals surface area contributed by atoms with Crippen LogP contribution in [0.15, 0.2) is 40.1 Å². The summed E-state index contributed by atoms with van der Waals surface area (Å²) in [6.45, 7) is 2.12. The molecule has 1 aromatic heterocycles. The van der Waals surface area contributed by atoms with Crippen molar-refractivity contribution in [3.63, 3.8) is 0 Å². The molecule has 2 rings (SSSR count). The number of hydrogen-bond acceptors (Lipinski definition) is 5. The molecule has 0 saturated heterocycles. The van der Waals surface area contributed by atoms with E-state index in [0.717, 1.165) is 10.1 Å². The molecule has 0 unspecified atom stereocenters. The Kier molecular flexibility index (Phi) is 5.72. The van der Waals surface area contributed by atoms with Crippen LogP contribution < -0.4 is 21.3 Å². The molecule has 8 nitrogen and oxygen atoms in total. The van der Waals surface area contributed by atoms with E-state index in [2.05, 4.69) is 5.32 Å². The monoisotopic (exact) mass is 337 g/mol. The lowest BCUT2D eigenvalue weighted by Gasteiger charge is -2.09. The number of rotatable bonds is 6. The van der Waals surface area contributed by atoms with E-state index < -0.39 is 23.2 Å². The number of alkyl carbamates (subject to hydrolysis) is 1. The van der Waals surface area contributed by atoms with E-state index >= 15 is 0 Å². The number of aromatic nitrogens is 2. The Morgan fingerprint density at radius 3 is 2.67 bits per heavy atom. The van der Waals surface area contributed by atoms with Crippen LogP contribution in [0, 0.1) is 5.82 Å². The van der Waals surface area contributed by atoms with Crippen molar-refractivity contribution in [3.8, 4) is 5.75 Å². The average molecular weight is 337 g/mol. The molecule has 0 aliphatic rings. The number of hydrogen-bond donors (Lipinski definition) is 2. The van der Waals surface area contributed by atoms with Crippen molar-refractivity contribution < 1.29 is 18.7 Å². The van der Waals surface area contributed by atoms with Gasteiger partial charge in [-0.1, -0.05) is 12.1 Å². The van der Waals surface area contributed by atoms with Gasteiger partial charge in [0.2, 0.25) is 5.82 Å². The second-order valence-electron chi connectivity index (χ2n) is 4.69. The molecule has 0 aliphatic heterocycles. The first-order valence-electron chi connectivity index (χ1n) is 7.11. The minimum atomic E-state index is -1.13. The second-order valence-corrected chi connectivity index (χ2v) is 4.69. The van der Waals surface area contributed by atoms with E-state index in [4.69, 9.17) is 9.47 Å². The van der Waals surface area contributed by atoms with Crippen molar-refractivity contribution in [2.45, 2.75) is 20.2 Å². The fourth-order valence-electron chi connectivity index (χ4n) is 1.80. The van der Waals surface area contributed by atoms with Crippen molar-refractivity contribution in [1.82, 2.24) is 14.9 Å². The molecule has 1 aromatic carbocycles. The summed E-state index contributed by atoms with van der Waals surface area (Å²) in [4.78, 5) is 35.7. The van der Waals surface area contributed by atoms with E-state index in [1.165, 1.54) is 0 Å². The topological polar surface area (TPSA) is 102 Å². The number of halogens is 1. The minimum Gasteiger partial charge on any atom is -0.494 e. The third kappa shape index (κ3) is 4.70. The normalized spacial score (nSPS) is 10.2. The van der Waals surface area contributed by atoms with Crippen LogP contribution in [0.2, 0.25) is 0 Å². The number of aromatic amines is 1. The number of nitrogens with one attached hydrogen (secondary N) is 2. The molecule has 0 aliphatic carbocycles. The van der Waals surface area contributed by atoms with Crippen LogP contribution in [0.5, 0.6) is 5.75 Å². The molecular weight excluding hydrogens is 321 g/mol. The lowest BCUT2D eigenvalue weighted by atomic mass is 10.2. The maximum atomic E-state index is 13.1. The van der Waals surface area contributed by atoms with Crippen molar-refractivity contribution in [2.24, 2.45) is 0 Å². The maximum absolute atomic E-state index is 13.1. The zero-order valence-corrected chi connectivity index (χ0v) is 12.9. The van der Waals surface area contributed by atoms with Gasteiger partial charge in [-0.3, -0.25) is 14.3 Å². The Bertz CT molecular complexity index is 813. The fraction of sp³-hybridized carbons (Fsp3) is 0.267. The van der Waals surface area contributed by atoms with Crippen LogP contribution in [0.25, 0.3) is 0 Å². The summed E-state index contributed by atoms with van der Waals surface area (Å²) >= 11 is 0. The van der Waals surface area contributed by atoms with Crippen molar-refractivity contribution in [2.75, 3.05) is 6.61 Å². The van der Waals surface area contributed by atoms with Gasteiger partial charge in [0, 0.05) is 0 Å². The maximum Gasteiger partial charge on any atom is 0.408 e. The number of nitrogens with zero attached hydrogens (tertiary/aromatic N) is 1. The first-order valence-corrected chi connectivity index (χ1v) is 7.11. The van der Waals surface area contributed by atoms with Crippen LogP contribution >= 0.6 is 0 Å². The van der Waals surface area contributed by atoms with Gasteiger partial charge in [-0.25, -0.2) is 9.59 Å². The summed E-state index contributed by atoms with van der Waals surface area (Å²) in [7, 11) is 0. The van der Waals surface area contributed by atoms with Crippen molar-refractivity contribution in [1.29, 1.82) is 0 Å². The highest BCUT2D eigenvalue weighted by Gasteiger charge is 2.06. The summed E-state index contributed by atoms with van der Waals surface area (Å²) in [5.41, 5.74) is -1.21. The van der Waals surface area contributed by atoms with Crippen LogP contribution in [-0.2, 0) is 18.0 Å². The smallest absolute Gasteiger partial charge is 0.408 e. The highest BCUT2D eigenvalue weighted by molar-refractivity contribution is 5.66. The van der Waals surface area contributed by atoms with Gasteiger partial charge in [-0.05, 0) is 24.6 Å². The summed E-state index contributed by atoms with van der Waals surface area (Å²) in [5.74, 6) is -0.413. The van der Waals surface area contributed by atoms with E-state index in [0.29, 0.717) is 18.6 Å². The lowest BCUT2D eigenvalue weighted by molar-refractivity contribution is 0.136. The van der Waals surface area contributed by atoms with E-state index in [9.17, 15) is 18.8 Å². The standard InChI is InChI=1S/C15H16FN3O5/c1-2-23-11-5-3-10(4-6-11)8-24-15(22)17-9-19-7-12(16)13(20)18-14(19)21/h3-7H,2,8-9H2,1H3,(H,17,22)(H,18,20,21). The van der Waals surface area contributed by atoms with Gasteiger partial charge < -0.3 is 14.8 Å². The highest BCUT2D eigenvalue weighted by atomic mass is 19.1. The predicted octanol–water partition coefficient (Wildman–Crippen LogP) is 0.958. The van der Waals surface area contributed by atoms with Gasteiger partial charge in [0.25, 0.3) is 5.56 Å². The van der Waals surface area contributed by atoms with Gasteiger partial charge in [-0.15, -0.1) is 0 Å². The van der Waals surface area contributed by atoms with Crippen LogP contribution in [0.4, 0.5) is 9.18 Å². The number of ether oxygens (including phenoxy) is 2. The van der Waals surface area contributed by atoms with E-state index in [-0.39, 0.29) is 13.3 Å². The zero-order valence-electron chi connectivity index (χ0n) is 12.9. The third-order valence-electron chi connectivity index (χ3n) is 2.97. The second kappa shape index (κ2) is 7.95. The Morgan fingerprint density at radius 2 is 2.00 bits per heavy atom. The molecule has 9 heteroatoms. The molecule has 0 radical (unpaired) electrons. The fourth-order valence-corrected chi connectivity index (χ4v) is 1.80. The summed E-state index contributed by atoms with van der Waals surface area (Å²) in [6.07, 6.45) is -0.0872. The number of amides is 1. The lowest BCUT2D eigenvalue weighted by Crippen LogP contribution is -2.37. The third-order valence-corrected chi connectivity index (χ3v) is 2.97. The summed E-state index contributed by atoms with van der Waals surface area (Å²) in [5, 5.41) is 2.28. The van der Waals surface area contributed by atoms with Crippen molar-refractivity contribution in [3.05, 3.63) is 62.7 Å². The molecular formula is C15H16FN3O5. The molecule has 24 heavy (non-hydrogen) atoms. The van der Waals surface area contributed by atoms with Gasteiger partial charge in [0.1, 0.15) is 19.0 Å². The SMILES string of the molecule is CCOc1ccc(COC(=O)NCn2cc(F)c(=O)[nH]c2=O)cc1. The highest BCUT2D eigenvalue weighted by Crippen LogP contribution is 2.12. The number of carbonyl (C=O) groups is 1. The first kappa shape index (κ1) is 17.3. The molecule has 1 heterocycles. The molecule has 2 aromatic rings. The Labute approximate surface area is 135 Å². The predicted molar refractivity (Wildman–Crippen MR) is 82.2 cm³/mol. The molecule has 1 amide bonds. The molecule has 0 fully saturated rings. The summed E-state index contributed by atoms with van der Waals surface area (Å²) in [6, 6.07) is 7.01. The first-order chi connectivity index (χ1) is 11.5. The minimum absolute atomic E-state index is 0.0210. The Balaban J connectivity index is 1.84. The molecule has 0 atom stereocenters. The summed E-state index contributed by atoms with van der Waals surface area (Å²) < 4.78 is 24.1. The van der Waals surface area contributed by atoms with Gasteiger partial charge >= 0.3 is 11.8 Å². The number of carbonyl (C=O) groups excluding carboxylic acids is 1. The van der Waals surface area contributed by atoms with Gasteiger partial charge in [0.05, 0.1) is 12.8 Å². The van der Waals surface area contributed by atoms with Crippen molar-refractivity contribution >= 4 is 6.09 Å². The molecule has 0 spiro atoms. The molecule has 128 valence electrons. The van der Waals surface area contributed by atoms with Crippen LogP contribution in [0.3, 0.4) is 0 Å². The van der Waals surface area contributed by atoms with E-state index in [1.807, 2.05) is 6.92 Å². The Hall–Kier alpha value is -3.10. The molecule has 0 bridgehead atoms. The number of H-pyrrole nitrogens is 1. The zero-order chi connectivity index (χ0) is 17.5. The van der Waals surface area contributed by atoms with Crippen LogP contribution in [0.1, 0.15) is 12.5 Å². The molecule has 2 N–H and O–H groups in total. The van der Waals surface area contributed by atoms with E-state index in [1.54, 1.807) is 29.2 Å². The average Bonchev–Trinajstić information content (AvgIpc) is 2.56. The molecule has 0 saturated carbocycles. The Morgan fingerprint density at radius 1 is 1.29 bits per heavy atom. The van der Waals surface area contributed by atoms with Gasteiger partial charge in [0.15, 0.2) is 0 Å². The van der Waals surface area contributed by atoms with Gasteiger partial charge in [-0.2, -0.15) is 4.39 Å². The van der Waals surface area contributed by atoms with Crippen LogP contribution in [-0.4, -0.2) is 22.3 Å². The largest absolute Gasteiger partial charge is 0.494 e.